The van der Waals surface area contributed by atoms with Gasteiger partial charge in [0.15, 0.2) is 0 Å². The Labute approximate surface area is 174 Å². The van der Waals surface area contributed by atoms with E-state index >= 15 is 0 Å². The number of rotatable bonds is 6. The van der Waals surface area contributed by atoms with Crippen LogP contribution in [0.2, 0.25) is 0 Å². The Balaban J connectivity index is 1.79. The van der Waals surface area contributed by atoms with Crippen molar-refractivity contribution >= 4 is 17.7 Å². The normalized spacial score (nSPS) is 16.8. The molecule has 2 N–H and O–H groups in total. The van der Waals surface area contributed by atoms with Crippen LogP contribution in [0.4, 0.5) is 10.5 Å². The van der Waals surface area contributed by atoms with Crippen molar-refractivity contribution in [3.8, 4) is 11.3 Å². The van der Waals surface area contributed by atoms with E-state index in [0.29, 0.717) is 18.1 Å². The van der Waals surface area contributed by atoms with E-state index in [1.807, 2.05) is 26.0 Å². The minimum absolute atomic E-state index is 0.0837. The molecule has 1 aromatic carbocycles. The predicted molar refractivity (Wildman–Crippen MR) is 111 cm³/mol. The number of hydrogen-bond acceptors (Lipinski definition) is 5. The van der Waals surface area contributed by atoms with Crippen LogP contribution in [0, 0.1) is 5.92 Å². The summed E-state index contributed by atoms with van der Waals surface area (Å²) < 4.78 is 4.67. The zero-order valence-electron chi connectivity index (χ0n) is 17.2. The molecule has 10 nitrogen and oxygen atoms in total. The smallest absolute Gasteiger partial charge is 0.407 e. The van der Waals surface area contributed by atoms with Crippen LogP contribution in [0.25, 0.3) is 21.7 Å². The first-order chi connectivity index (χ1) is 14.4. The molecule has 0 unspecified atom stereocenters. The quantitative estimate of drug-likeness (QED) is 0.421. The molecule has 0 radical (unpaired) electrons. The number of nitrogens with one attached hydrogen (secondary N) is 2. The number of aromatic amines is 1. The lowest BCUT2D eigenvalue weighted by atomic mass is 10.0. The van der Waals surface area contributed by atoms with Crippen LogP contribution in [0.5, 0.6) is 0 Å². The first kappa shape index (κ1) is 21.2. The topological polar surface area (TPSA) is 136 Å². The van der Waals surface area contributed by atoms with Gasteiger partial charge in [0.2, 0.25) is 5.91 Å². The molecular formula is C20H25N7O3. The van der Waals surface area contributed by atoms with Crippen LogP contribution in [0.1, 0.15) is 38.6 Å². The SMILES string of the molecule is COC(=O)N[C@H](C(=O)N1CCC[C@@H]1c1ncc(-c2ccc(N=[N+]=[N-])cc2)[nH]1)C(C)C. The maximum atomic E-state index is 13.2. The molecule has 1 aromatic heterocycles. The average molecular weight is 411 g/mol. The van der Waals surface area contributed by atoms with Crippen LogP contribution in [-0.4, -0.2) is 46.6 Å². The minimum atomic E-state index is -0.666. The molecule has 0 saturated carbocycles. The molecule has 0 spiro atoms. The summed E-state index contributed by atoms with van der Waals surface area (Å²) in [5, 5.41) is 6.21. The number of carbonyl (C=O) groups is 2. The first-order valence-electron chi connectivity index (χ1n) is 9.80. The van der Waals surface area contributed by atoms with Crippen molar-refractivity contribution in [2.75, 3.05) is 13.7 Å². The van der Waals surface area contributed by atoms with Gasteiger partial charge in [-0.1, -0.05) is 43.2 Å². The van der Waals surface area contributed by atoms with E-state index in [9.17, 15) is 9.59 Å². The minimum Gasteiger partial charge on any atom is -0.453 e. The van der Waals surface area contributed by atoms with Crippen molar-refractivity contribution < 1.29 is 14.3 Å². The molecule has 30 heavy (non-hydrogen) atoms. The Kier molecular flexibility index (Phi) is 6.58. The van der Waals surface area contributed by atoms with E-state index in [0.717, 1.165) is 24.1 Å². The summed E-state index contributed by atoms with van der Waals surface area (Å²) in [6.45, 7) is 4.37. The van der Waals surface area contributed by atoms with Gasteiger partial charge in [0, 0.05) is 17.1 Å². The fraction of sp³-hybridized carbons (Fsp3) is 0.450. The van der Waals surface area contributed by atoms with Gasteiger partial charge in [0.1, 0.15) is 11.9 Å². The monoisotopic (exact) mass is 411 g/mol. The number of imidazole rings is 1. The highest BCUT2D eigenvalue weighted by molar-refractivity contribution is 5.86. The summed E-state index contributed by atoms with van der Waals surface area (Å²) in [6, 6.07) is 6.29. The van der Waals surface area contributed by atoms with Gasteiger partial charge in [-0.05, 0) is 29.9 Å². The van der Waals surface area contributed by atoms with Gasteiger partial charge in [-0.15, -0.1) is 0 Å². The Hall–Kier alpha value is -3.52. The van der Waals surface area contributed by atoms with E-state index in [1.54, 1.807) is 23.2 Å². The van der Waals surface area contributed by atoms with Crippen LogP contribution in [0.15, 0.2) is 35.6 Å². The highest BCUT2D eigenvalue weighted by Crippen LogP contribution is 2.33. The van der Waals surface area contributed by atoms with Crippen LogP contribution >= 0.6 is 0 Å². The van der Waals surface area contributed by atoms with Gasteiger partial charge in [-0.25, -0.2) is 9.78 Å². The van der Waals surface area contributed by atoms with E-state index in [1.165, 1.54) is 7.11 Å². The summed E-state index contributed by atoms with van der Waals surface area (Å²) in [4.78, 5) is 37.2. The second-order valence-electron chi connectivity index (χ2n) is 7.47. The number of amides is 2. The molecule has 2 aromatic rings. The third kappa shape index (κ3) is 4.55. The number of ether oxygens (including phenoxy) is 1. The molecule has 1 fully saturated rings. The highest BCUT2D eigenvalue weighted by atomic mass is 16.5. The maximum Gasteiger partial charge on any atom is 0.407 e. The van der Waals surface area contributed by atoms with Gasteiger partial charge in [-0.2, -0.15) is 0 Å². The Morgan fingerprint density at radius 3 is 2.73 bits per heavy atom. The molecule has 2 atom stereocenters. The molecule has 158 valence electrons. The van der Waals surface area contributed by atoms with E-state index in [-0.39, 0.29) is 17.9 Å². The molecule has 10 heteroatoms. The predicted octanol–water partition coefficient (Wildman–Crippen LogP) is 4.06. The van der Waals surface area contributed by atoms with Crippen molar-refractivity contribution in [3.63, 3.8) is 0 Å². The largest absolute Gasteiger partial charge is 0.453 e. The number of likely N-dealkylation sites (tertiary alicyclic amines) is 1. The number of nitrogens with zero attached hydrogens (tertiary/aromatic N) is 5. The van der Waals surface area contributed by atoms with Crippen molar-refractivity contribution in [3.05, 3.63) is 46.7 Å². The van der Waals surface area contributed by atoms with Crippen molar-refractivity contribution in [1.29, 1.82) is 0 Å². The van der Waals surface area contributed by atoms with Crippen LogP contribution in [0.3, 0.4) is 0 Å². The fourth-order valence-electron chi connectivity index (χ4n) is 3.60. The van der Waals surface area contributed by atoms with Gasteiger partial charge in [-0.3, -0.25) is 4.79 Å². The lowest BCUT2D eigenvalue weighted by Gasteiger charge is -2.30. The molecule has 0 aliphatic carbocycles. The molecule has 1 saturated heterocycles. The van der Waals surface area contributed by atoms with E-state index in [4.69, 9.17) is 5.53 Å². The summed E-state index contributed by atoms with van der Waals surface area (Å²) in [5.41, 5.74) is 10.8. The fourth-order valence-corrected chi connectivity index (χ4v) is 3.60. The van der Waals surface area contributed by atoms with Crippen LogP contribution < -0.4 is 5.32 Å². The first-order valence-corrected chi connectivity index (χ1v) is 9.80. The third-order valence-electron chi connectivity index (χ3n) is 5.18. The average Bonchev–Trinajstić information content (AvgIpc) is 3.41. The van der Waals surface area contributed by atoms with Crippen molar-refractivity contribution in [2.24, 2.45) is 11.0 Å². The van der Waals surface area contributed by atoms with Gasteiger partial charge >= 0.3 is 6.09 Å². The molecule has 1 aliphatic heterocycles. The Morgan fingerprint density at radius 2 is 2.10 bits per heavy atom. The zero-order valence-corrected chi connectivity index (χ0v) is 17.2. The standard InChI is InChI=1S/C20H25N7O3/c1-12(2)17(24-20(29)30-3)19(28)27-10-4-5-16(27)18-22-11-15(23-18)13-6-8-14(9-7-13)25-26-21/h6-9,11-12,16-17H,4-5,10H2,1-3H3,(H,22,23)(H,24,29)/t16-,17+/m1/s1. The molecule has 2 amide bonds. The second kappa shape index (κ2) is 9.32. The van der Waals surface area contributed by atoms with Gasteiger partial charge < -0.3 is 19.9 Å². The molecule has 3 rings (SSSR count). The number of azide groups is 1. The zero-order chi connectivity index (χ0) is 21.7. The van der Waals surface area contributed by atoms with Crippen molar-refractivity contribution in [1.82, 2.24) is 20.2 Å². The van der Waals surface area contributed by atoms with Crippen molar-refractivity contribution in [2.45, 2.75) is 38.8 Å². The van der Waals surface area contributed by atoms with Crippen LogP contribution in [-0.2, 0) is 9.53 Å². The Bertz CT molecular complexity index is 948. The summed E-state index contributed by atoms with van der Waals surface area (Å²) in [5.74, 6) is 0.477. The third-order valence-corrected chi connectivity index (χ3v) is 5.18. The summed E-state index contributed by atoms with van der Waals surface area (Å²) in [7, 11) is 1.28. The number of H-pyrrole nitrogens is 1. The number of methoxy groups -OCH3 is 1. The van der Waals surface area contributed by atoms with E-state index < -0.39 is 12.1 Å². The highest BCUT2D eigenvalue weighted by Gasteiger charge is 2.37. The number of hydrogen-bond donors (Lipinski definition) is 2. The Morgan fingerprint density at radius 1 is 1.37 bits per heavy atom. The van der Waals surface area contributed by atoms with E-state index in [2.05, 4.69) is 30.0 Å². The molecule has 0 bridgehead atoms. The lowest BCUT2D eigenvalue weighted by molar-refractivity contribution is -0.135. The molecule has 1 aliphatic rings. The van der Waals surface area contributed by atoms with Gasteiger partial charge in [0.25, 0.3) is 0 Å². The number of alkyl carbamates (subject to hydrolysis) is 1. The molecule has 2 heterocycles. The second-order valence-corrected chi connectivity index (χ2v) is 7.47. The number of benzene rings is 1. The lowest BCUT2D eigenvalue weighted by Crippen LogP contribution is -2.51. The number of aromatic nitrogens is 2. The maximum absolute atomic E-state index is 13.2. The molecular weight excluding hydrogens is 386 g/mol. The van der Waals surface area contributed by atoms with Gasteiger partial charge in [0.05, 0.1) is 25.0 Å². The summed E-state index contributed by atoms with van der Waals surface area (Å²) >= 11 is 0. The summed E-state index contributed by atoms with van der Waals surface area (Å²) in [6.07, 6.45) is 2.75. The number of carbonyl (C=O) groups excluding carboxylic acids is 2.